The van der Waals surface area contributed by atoms with Crippen molar-refractivity contribution in [3.05, 3.63) is 0 Å². The Kier molecular flexibility index (Phi) is 6.60. The molecular weight excluding hydrogens is 326 g/mol. The van der Waals surface area contributed by atoms with Crippen LogP contribution >= 0.6 is 0 Å². The lowest BCUT2D eigenvalue weighted by atomic mass is 9.71. The summed E-state index contributed by atoms with van der Waals surface area (Å²) in [7, 11) is 0. The van der Waals surface area contributed by atoms with Gasteiger partial charge in [-0.1, -0.05) is 34.6 Å². The minimum absolute atomic E-state index is 0.0925. The molecule has 0 heterocycles. The van der Waals surface area contributed by atoms with E-state index in [2.05, 4.69) is 4.74 Å². The Balaban J connectivity index is 5.53. The molecule has 0 aliphatic rings. The summed E-state index contributed by atoms with van der Waals surface area (Å²) in [5, 5.41) is 0. The van der Waals surface area contributed by atoms with Crippen molar-refractivity contribution in [3.63, 3.8) is 0 Å². The lowest BCUT2D eigenvalue weighted by Crippen LogP contribution is -2.48. The van der Waals surface area contributed by atoms with Gasteiger partial charge >= 0.3 is 18.3 Å². The SMILES string of the molecule is CC(C)CC(C)(CC(C)(C)C)C(=O)OC(C(F)(F)F)C(F)(F)F. The Morgan fingerprint density at radius 1 is 0.913 bits per heavy atom. The van der Waals surface area contributed by atoms with Crippen LogP contribution < -0.4 is 0 Å². The van der Waals surface area contributed by atoms with Crippen LogP contribution in [0, 0.1) is 16.7 Å². The lowest BCUT2D eigenvalue weighted by Gasteiger charge is -2.36. The van der Waals surface area contributed by atoms with E-state index in [0.717, 1.165) is 0 Å². The molecule has 138 valence electrons. The summed E-state index contributed by atoms with van der Waals surface area (Å²) in [4.78, 5) is 12.2. The molecule has 0 bridgehead atoms. The number of esters is 1. The summed E-state index contributed by atoms with van der Waals surface area (Å²) in [6.45, 7) is 10.1. The van der Waals surface area contributed by atoms with Crippen LogP contribution in [0.1, 0.15) is 54.4 Å². The molecule has 0 rings (SSSR count). The molecule has 0 saturated carbocycles. The Morgan fingerprint density at radius 3 is 1.57 bits per heavy atom. The summed E-state index contributed by atoms with van der Waals surface area (Å²) in [6.07, 6.45) is -15.3. The normalized spacial score (nSPS) is 16.6. The Labute approximate surface area is 132 Å². The second-order valence-corrected chi connectivity index (χ2v) is 7.76. The molecule has 0 saturated heterocycles. The maximum absolute atomic E-state index is 12.6. The first-order chi connectivity index (χ1) is 9.88. The number of ether oxygens (including phenoxy) is 1. The quantitative estimate of drug-likeness (QED) is 0.483. The van der Waals surface area contributed by atoms with Crippen molar-refractivity contribution < 1.29 is 35.9 Å². The van der Waals surface area contributed by atoms with Crippen molar-refractivity contribution >= 4 is 5.97 Å². The monoisotopic (exact) mass is 350 g/mol. The van der Waals surface area contributed by atoms with Gasteiger partial charge in [0.05, 0.1) is 5.41 Å². The fourth-order valence-electron chi connectivity index (χ4n) is 2.87. The molecule has 0 aromatic carbocycles. The Morgan fingerprint density at radius 2 is 1.30 bits per heavy atom. The van der Waals surface area contributed by atoms with Gasteiger partial charge < -0.3 is 4.74 Å². The van der Waals surface area contributed by atoms with E-state index in [1.54, 1.807) is 34.6 Å². The number of halogens is 6. The van der Waals surface area contributed by atoms with Crippen molar-refractivity contribution in [2.75, 3.05) is 0 Å². The van der Waals surface area contributed by atoms with Crippen LogP contribution in [0.2, 0.25) is 0 Å². The molecule has 0 spiro atoms. The van der Waals surface area contributed by atoms with Gasteiger partial charge in [0.15, 0.2) is 0 Å². The Hall–Kier alpha value is -0.950. The summed E-state index contributed by atoms with van der Waals surface area (Å²) in [6, 6.07) is 0. The minimum Gasteiger partial charge on any atom is -0.442 e. The van der Waals surface area contributed by atoms with Gasteiger partial charge in [-0.2, -0.15) is 26.3 Å². The molecule has 8 heteroatoms. The van der Waals surface area contributed by atoms with E-state index in [4.69, 9.17) is 0 Å². The molecule has 1 atom stereocenters. The van der Waals surface area contributed by atoms with E-state index < -0.39 is 35.3 Å². The molecule has 23 heavy (non-hydrogen) atoms. The van der Waals surface area contributed by atoms with E-state index >= 15 is 0 Å². The maximum Gasteiger partial charge on any atom is 0.434 e. The van der Waals surface area contributed by atoms with E-state index in [0.29, 0.717) is 0 Å². The molecule has 0 fully saturated rings. The molecule has 1 unspecified atom stereocenters. The molecule has 0 aromatic rings. The highest BCUT2D eigenvalue weighted by Gasteiger charge is 2.60. The van der Waals surface area contributed by atoms with Crippen molar-refractivity contribution in [1.82, 2.24) is 0 Å². The second kappa shape index (κ2) is 6.89. The van der Waals surface area contributed by atoms with Gasteiger partial charge in [-0.25, -0.2) is 0 Å². The van der Waals surface area contributed by atoms with Crippen LogP contribution in [0.3, 0.4) is 0 Å². The van der Waals surface area contributed by atoms with Crippen LogP contribution in [0.5, 0.6) is 0 Å². The van der Waals surface area contributed by atoms with Crippen molar-refractivity contribution in [2.24, 2.45) is 16.7 Å². The molecule has 0 radical (unpaired) electrons. The maximum atomic E-state index is 12.6. The van der Waals surface area contributed by atoms with Gasteiger partial charge in [-0.3, -0.25) is 4.79 Å². The first kappa shape index (κ1) is 22.1. The van der Waals surface area contributed by atoms with Crippen LogP contribution in [-0.2, 0) is 9.53 Å². The number of carbonyl (C=O) groups is 1. The highest BCUT2D eigenvalue weighted by molar-refractivity contribution is 5.76. The third-order valence-corrected chi connectivity index (χ3v) is 3.09. The zero-order valence-electron chi connectivity index (χ0n) is 14.2. The average molecular weight is 350 g/mol. The van der Waals surface area contributed by atoms with Crippen molar-refractivity contribution in [1.29, 1.82) is 0 Å². The number of carbonyl (C=O) groups excluding carboxylic acids is 1. The molecular formula is C15H24F6O2. The van der Waals surface area contributed by atoms with Gasteiger partial charge in [0.2, 0.25) is 0 Å². The third-order valence-electron chi connectivity index (χ3n) is 3.09. The van der Waals surface area contributed by atoms with Crippen LogP contribution in [0.4, 0.5) is 26.3 Å². The summed E-state index contributed by atoms with van der Waals surface area (Å²) >= 11 is 0. The number of rotatable bonds is 5. The van der Waals surface area contributed by atoms with Crippen LogP contribution in [0.25, 0.3) is 0 Å². The van der Waals surface area contributed by atoms with Crippen molar-refractivity contribution in [3.8, 4) is 0 Å². The van der Waals surface area contributed by atoms with Crippen LogP contribution in [-0.4, -0.2) is 24.4 Å². The highest BCUT2D eigenvalue weighted by Crippen LogP contribution is 2.42. The van der Waals surface area contributed by atoms with Gasteiger partial charge in [0, 0.05) is 0 Å². The summed E-state index contributed by atoms with van der Waals surface area (Å²) in [5.41, 5.74) is -1.89. The van der Waals surface area contributed by atoms with Gasteiger partial charge in [0.1, 0.15) is 0 Å². The van der Waals surface area contributed by atoms with E-state index in [-0.39, 0.29) is 18.8 Å². The van der Waals surface area contributed by atoms with Gasteiger partial charge in [0.25, 0.3) is 6.10 Å². The number of hydrogen-bond donors (Lipinski definition) is 0. The second-order valence-electron chi connectivity index (χ2n) is 7.76. The van der Waals surface area contributed by atoms with Gasteiger partial charge in [-0.15, -0.1) is 0 Å². The standard InChI is InChI=1S/C15H24F6O2/c1-9(2)7-13(6,8-12(3,4)5)11(22)23-10(14(16,17)18)15(19,20)21/h9-10H,7-8H2,1-6H3. The van der Waals surface area contributed by atoms with Crippen molar-refractivity contribution in [2.45, 2.75) is 72.8 Å². The van der Waals surface area contributed by atoms with E-state index in [1.807, 2.05) is 0 Å². The highest BCUT2D eigenvalue weighted by atomic mass is 19.4. The molecule has 2 nitrogen and oxygen atoms in total. The average Bonchev–Trinajstić information content (AvgIpc) is 2.17. The lowest BCUT2D eigenvalue weighted by molar-refractivity contribution is -0.316. The first-order valence-electron chi connectivity index (χ1n) is 7.23. The fourth-order valence-corrected chi connectivity index (χ4v) is 2.87. The number of hydrogen-bond acceptors (Lipinski definition) is 2. The Bertz CT molecular complexity index is 392. The minimum atomic E-state index is -5.70. The third kappa shape index (κ3) is 7.44. The van der Waals surface area contributed by atoms with Gasteiger partial charge in [-0.05, 0) is 31.1 Å². The topological polar surface area (TPSA) is 26.3 Å². The predicted octanol–water partition coefficient (Wildman–Crippen LogP) is 5.51. The molecule has 0 aromatic heterocycles. The van der Waals surface area contributed by atoms with Crippen LogP contribution in [0.15, 0.2) is 0 Å². The first-order valence-corrected chi connectivity index (χ1v) is 7.23. The molecule has 0 amide bonds. The summed E-state index contributed by atoms with van der Waals surface area (Å²) in [5.74, 6) is -1.56. The fraction of sp³-hybridized carbons (Fsp3) is 0.933. The zero-order chi connectivity index (χ0) is 18.9. The van der Waals surface area contributed by atoms with E-state index in [9.17, 15) is 31.1 Å². The molecule has 0 aliphatic carbocycles. The molecule has 0 N–H and O–H groups in total. The number of alkyl halides is 6. The van der Waals surface area contributed by atoms with E-state index in [1.165, 1.54) is 6.92 Å². The predicted molar refractivity (Wildman–Crippen MR) is 73.6 cm³/mol. The zero-order valence-corrected chi connectivity index (χ0v) is 14.2. The smallest absolute Gasteiger partial charge is 0.434 e. The molecule has 0 aliphatic heterocycles. The summed E-state index contributed by atoms with van der Waals surface area (Å²) < 4.78 is 79.3. The largest absolute Gasteiger partial charge is 0.442 e.